The fourth-order valence-corrected chi connectivity index (χ4v) is 3.61. The van der Waals surface area contributed by atoms with Crippen LogP contribution in [-0.2, 0) is 0 Å². The second-order valence-corrected chi connectivity index (χ2v) is 6.32. The molecule has 0 bridgehead atoms. The minimum Gasteiger partial charge on any atom is -0.383 e. The van der Waals surface area contributed by atoms with Gasteiger partial charge in [0.25, 0.3) is 0 Å². The van der Waals surface area contributed by atoms with E-state index in [-0.39, 0.29) is 0 Å². The van der Waals surface area contributed by atoms with Gasteiger partial charge < -0.3 is 5.32 Å². The van der Waals surface area contributed by atoms with Gasteiger partial charge in [0.2, 0.25) is 0 Å². The quantitative estimate of drug-likeness (QED) is 0.887. The van der Waals surface area contributed by atoms with E-state index in [9.17, 15) is 0 Å². The number of hydrogen-bond donors (Lipinski definition) is 1. The average molecular weight is 282 g/mol. The first kappa shape index (κ1) is 14.4. The van der Waals surface area contributed by atoms with Gasteiger partial charge >= 0.3 is 0 Å². The van der Waals surface area contributed by atoms with E-state index in [0.29, 0.717) is 0 Å². The molecule has 0 saturated carbocycles. The number of rotatable bonds is 4. The largest absolute Gasteiger partial charge is 0.383 e. The lowest BCUT2D eigenvalue weighted by molar-refractivity contribution is 0.109. The van der Waals surface area contributed by atoms with Crippen LogP contribution >= 0.6 is 0 Å². The molecule has 1 aliphatic heterocycles. The molecule has 0 unspecified atom stereocenters. The predicted octanol–water partition coefficient (Wildman–Crippen LogP) is 4.51. The van der Waals surface area contributed by atoms with Gasteiger partial charge in [-0.3, -0.25) is 4.90 Å². The van der Waals surface area contributed by atoms with E-state index in [1.807, 2.05) is 0 Å². The van der Waals surface area contributed by atoms with Gasteiger partial charge in [0.05, 0.1) is 0 Å². The molecule has 3 rings (SSSR count). The van der Waals surface area contributed by atoms with Gasteiger partial charge in [-0.05, 0) is 38.1 Å². The summed E-state index contributed by atoms with van der Waals surface area (Å²) in [7, 11) is 0. The second kappa shape index (κ2) is 6.48. The predicted molar refractivity (Wildman–Crippen MR) is 91.9 cm³/mol. The molecule has 2 atom stereocenters. The van der Waals surface area contributed by atoms with Crippen LogP contribution in [0.1, 0.15) is 33.1 Å². The van der Waals surface area contributed by atoms with Crippen molar-refractivity contribution in [3.8, 4) is 0 Å². The molecule has 2 aromatic rings. The van der Waals surface area contributed by atoms with Gasteiger partial charge in [0.15, 0.2) is 0 Å². The van der Waals surface area contributed by atoms with Crippen LogP contribution in [0.2, 0.25) is 0 Å². The van der Waals surface area contributed by atoms with Crippen LogP contribution in [0.5, 0.6) is 0 Å². The highest BCUT2D eigenvalue weighted by Crippen LogP contribution is 2.24. The minimum absolute atomic E-state index is 0.725. The lowest BCUT2D eigenvalue weighted by Gasteiger charge is -2.39. The SMILES string of the molecule is C[C@@H]1CCC[C@@H](C)N1CCNc1cccc2ccccc12. The van der Waals surface area contributed by atoms with Crippen molar-refractivity contribution in [2.24, 2.45) is 0 Å². The molecular formula is C19H26N2. The first-order chi connectivity index (χ1) is 10.3. The third kappa shape index (κ3) is 3.21. The molecule has 21 heavy (non-hydrogen) atoms. The Morgan fingerprint density at radius 3 is 2.52 bits per heavy atom. The van der Waals surface area contributed by atoms with E-state index in [4.69, 9.17) is 0 Å². The summed E-state index contributed by atoms with van der Waals surface area (Å²) in [5, 5.41) is 6.26. The Hall–Kier alpha value is -1.54. The van der Waals surface area contributed by atoms with Crippen LogP contribution in [0.15, 0.2) is 42.5 Å². The zero-order valence-electron chi connectivity index (χ0n) is 13.2. The van der Waals surface area contributed by atoms with Crippen molar-refractivity contribution in [1.82, 2.24) is 4.90 Å². The van der Waals surface area contributed by atoms with Crippen LogP contribution in [-0.4, -0.2) is 30.1 Å². The van der Waals surface area contributed by atoms with E-state index in [0.717, 1.165) is 25.2 Å². The normalized spacial score (nSPS) is 23.3. The Labute approximate surface area is 128 Å². The number of fused-ring (bicyclic) bond motifs is 1. The lowest BCUT2D eigenvalue weighted by atomic mass is 9.98. The number of anilines is 1. The van der Waals surface area contributed by atoms with Crippen LogP contribution in [0.3, 0.4) is 0 Å². The van der Waals surface area contributed by atoms with E-state index >= 15 is 0 Å². The minimum atomic E-state index is 0.725. The first-order valence-electron chi connectivity index (χ1n) is 8.23. The molecule has 1 heterocycles. The maximum atomic E-state index is 3.63. The molecular weight excluding hydrogens is 256 g/mol. The monoisotopic (exact) mass is 282 g/mol. The topological polar surface area (TPSA) is 15.3 Å². The van der Waals surface area contributed by atoms with Gasteiger partial charge in [-0.1, -0.05) is 42.8 Å². The molecule has 1 N–H and O–H groups in total. The first-order valence-corrected chi connectivity index (χ1v) is 8.23. The average Bonchev–Trinajstić information content (AvgIpc) is 2.50. The molecule has 2 nitrogen and oxygen atoms in total. The Morgan fingerprint density at radius 1 is 1.00 bits per heavy atom. The van der Waals surface area contributed by atoms with Gasteiger partial charge in [-0.15, -0.1) is 0 Å². The maximum Gasteiger partial charge on any atom is 0.0420 e. The number of likely N-dealkylation sites (tertiary alicyclic amines) is 1. The van der Waals surface area contributed by atoms with Gasteiger partial charge in [-0.2, -0.15) is 0 Å². The summed E-state index contributed by atoms with van der Waals surface area (Å²) in [6.07, 6.45) is 4.08. The standard InChI is InChI=1S/C19H26N2/c1-15-7-5-8-16(2)21(15)14-13-20-19-12-6-10-17-9-3-4-11-18(17)19/h3-4,6,9-12,15-16,20H,5,7-8,13-14H2,1-2H3/t15-,16-/m1/s1. The summed E-state index contributed by atoms with van der Waals surface area (Å²) in [6.45, 7) is 6.88. The zero-order chi connectivity index (χ0) is 14.7. The summed E-state index contributed by atoms with van der Waals surface area (Å²) < 4.78 is 0. The molecule has 2 aromatic carbocycles. The van der Waals surface area contributed by atoms with Crippen LogP contribution in [0.4, 0.5) is 5.69 Å². The van der Waals surface area contributed by atoms with Crippen molar-refractivity contribution < 1.29 is 0 Å². The third-order valence-corrected chi connectivity index (χ3v) is 4.85. The summed E-state index contributed by atoms with van der Waals surface area (Å²) in [5.41, 5.74) is 1.26. The van der Waals surface area contributed by atoms with Crippen molar-refractivity contribution in [1.29, 1.82) is 0 Å². The molecule has 0 aliphatic carbocycles. The second-order valence-electron chi connectivity index (χ2n) is 6.32. The van der Waals surface area contributed by atoms with Crippen molar-refractivity contribution >= 4 is 16.5 Å². The molecule has 0 spiro atoms. The maximum absolute atomic E-state index is 3.63. The number of hydrogen-bond acceptors (Lipinski definition) is 2. The van der Waals surface area contributed by atoms with Crippen molar-refractivity contribution in [3.63, 3.8) is 0 Å². The van der Waals surface area contributed by atoms with E-state index < -0.39 is 0 Å². The molecule has 1 fully saturated rings. The zero-order valence-corrected chi connectivity index (χ0v) is 13.2. The third-order valence-electron chi connectivity index (χ3n) is 4.85. The van der Waals surface area contributed by atoms with Gasteiger partial charge in [0.1, 0.15) is 0 Å². The van der Waals surface area contributed by atoms with E-state index in [1.54, 1.807) is 0 Å². The summed E-state index contributed by atoms with van der Waals surface area (Å²) in [5.74, 6) is 0. The molecule has 112 valence electrons. The fraction of sp³-hybridized carbons (Fsp3) is 0.474. The lowest BCUT2D eigenvalue weighted by Crippen LogP contribution is -2.45. The van der Waals surface area contributed by atoms with Crippen LogP contribution in [0, 0.1) is 0 Å². The molecule has 0 aromatic heterocycles. The van der Waals surface area contributed by atoms with Crippen molar-refractivity contribution in [2.45, 2.75) is 45.2 Å². The Kier molecular flexibility index (Phi) is 4.45. The highest BCUT2D eigenvalue weighted by Gasteiger charge is 2.23. The molecule has 1 aliphatic rings. The number of nitrogens with one attached hydrogen (secondary N) is 1. The van der Waals surface area contributed by atoms with Gasteiger partial charge in [0, 0.05) is 36.2 Å². The highest BCUT2D eigenvalue weighted by atomic mass is 15.2. The smallest absolute Gasteiger partial charge is 0.0420 e. The van der Waals surface area contributed by atoms with Crippen LogP contribution < -0.4 is 5.32 Å². The van der Waals surface area contributed by atoms with E-state index in [2.05, 4.69) is 66.5 Å². The summed E-state index contributed by atoms with van der Waals surface area (Å²) in [6, 6.07) is 16.5. The summed E-state index contributed by atoms with van der Waals surface area (Å²) in [4.78, 5) is 2.65. The summed E-state index contributed by atoms with van der Waals surface area (Å²) >= 11 is 0. The van der Waals surface area contributed by atoms with Crippen molar-refractivity contribution in [3.05, 3.63) is 42.5 Å². The highest BCUT2D eigenvalue weighted by molar-refractivity contribution is 5.93. The van der Waals surface area contributed by atoms with Gasteiger partial charge in [-0.25, -0.2) is 0 Å². The van der Waals surface area contributed by atoms with Crippen LogP contribution in [0.25, 0.3) is 10.8 Å². The number of piperidine rings is 1. The molecule has 0 amide bonds. The Morgan fingerprint density at radius 2 is 1.71 bits per heavy atom. The number of nitrogens with zero attached hydrogens (tertiary/aromatic N) is 1. The Balaban J connectivity index is 1.64. The fourth-order valence-electron chi connectivity index (χ4n) is 3.61. The van der Waals surface area contributed by atoms with E-state index in [1.165, 1.54) is 35.7 Å². The molecule has 0 radical (unpaired) electrons. The van der Waals surface area contributed by atoms with Crippen molar-refractivity contribution in [2.75, 3.05) is 18.4 Å². The molecule has 1 saturated heterocycles. The number of benzene rings is 2. The molecule has 2 heteroatoms. The Bertz CT molecular complexity index is 578.